The first-order valence-electron chi connectivity index (χ1n) is 8.53. The molecule has 0 bridgehead atoms. The maximum Gasteiger partial charge on any atom is 0.339 e. The van der Waals surface area contributed by atoms with E-state index in [2.05, 4.69) is 11.3 Å². The van der Waals surface area contributed by atoms with Crippen LogP contribution in [0.4, 0.5) is 0 Å². The number of hydrogen-bond acceptors (Lipinski definition) is 7. The van der Waals surface area contributed by atoms with Crippen LogP contribution in [0, 0.1) is 0 Å². The van der Waals surface area contributed by atoms with Crippen LogP contribution in [0.2, 0.25) is 0 Å². The molecule has 0 fully saturated rings. The van der Waals surface area contributed by atoms with E-state index in [1.807, 2.05) is 0 Å². The SMILES string of the molecule is C=CC(=O)OCCOC(=O)c1ccccc1C(=O)O.O=C(O)c1ccccc1C(=O)O. The lowest BCUT2D eigenvalue weighted by atomic mass is 10.1. The van der Waals surface area contributed by atoms with E-state index in [1.165, 1.54) is 48.5 Å². The number of rotatable bonds is 8. The number of benzene rings is 2. The minimum absolute atomic E-state index is 0.0509. The number of esters is 2. The van der Waals surface area contributed by atoms with Gasteiger partial charge in [0.15, 0.2) is 0 Å². The van der Waals surface area contributed by atoms with Crippen molar-refractivity contribution in [3.8, 4) is 0 Å². The molecule has 2 aromatic rings. The van der Waals surface area contributed by atoms with Crippen LogP contribution in [0.3, 0.4) is 0 Å². The standard InChI is InChI=1S/C13H12O6.C8H6O4/c1-2-11(14)18-7-8-19-13(17)10-6-4-3-5-9(10)12(15)16;9-7(10)5-3-1-2-4-6(5)8(11)12/h2-6H,1,7-8H2,(H,15,16);1-4H,(H,9,10)(H,11,12). The Bertz CT molecular complexity index is 960. The van der Waals surface area contributed by atoms with Crippen molar-refractivity contribution in [2.75, 3.05) is 13.2 Å². The molecule has 10 nitrogen and oxygen atoms in total. The van der Waals surface area contributed by atoms with Crippen LogP contribution in [0.25, 0.3) is 0 Å². The van der Waals surface area contributed by atoms with E-state index >= 15 is 0 Å². The minimum Gasteiger partial charge on any atom is -0.478 e. The van der Waals surface area contributed by atoms with Crippen molar-refractivity contribution in [2.24, 2.45) is 0 Å². The molecular weight excluding hydrogens is 412 g/mol. The average molecular weight is 430 g/mol. The molecule has 0 aromatic heterocycles. The van der Waals surface area contributed by atoms with Crippen molar-refractivity contribution in [1.29, 1.82) is 0 Å². The zero-order valence-electron chi connectivity index (χ0n) is 16.0. The molecule has 0 radical (unpaired) electrons. The van der Waals surface area contributed by atoms with Crippen molar-refractivity contribution in [3.05, 3.63) is 83.4 Å². The highest BCUT2D eigenvalue weighted by molar-refractivity contribution is 6.02. The zero-order chi connectivity index (χ0) is 23.4. The lowest BCUT2D eigenvalue weighted by Gasteiger charge is -2.07. The number of carboxylic acid groups (broad SMARTS) is 3. The first-order chi connectivity index (χ1) is 14.7. The topological polar surface area (TPSA) is 164 Å². The molecule has 0 spiro atoms. The Morgan fingerprint density at radius 3 is 1.42 bits per heavy atom. The summed E-state index contributed by atoms with van der Waals surface area (Å²) >= 11 is 0. The van der Waals surface area contributed by atoms with Crippen LogP contribution >= 0.6 is 0 Å². The van der Waals surface area contributed by atoms with E-state index in [1.54, 1.807) is 0 Å². The van der Waals surface area contributed by atoms with Crippen molar-refractivity contribution in [1.82, 2.24) is 0 Å². The largest absolute Gasteiger partial charge is 0.478 e. The van der Waals surface area contributed by atoms with Crippen molar-refractivity contribution in [3.63, 3.8) is 0 Å². The summed E-state index contributed by atoms with van der Waals surface area (Å²) in [4.78, 5) is 54.2. The molecule has 31 heavy (non-hydrogen) atoms. The Kier molecular flexibility index (Phi) is 9.64. The second-order valence-electron chi connectivity index (χ2n) is 5.51. The van der Waals surface area contributed by atoms with Gasteiger partial charge in [0.05, 0.1) is 22.3 Å². The van der Waals surface area contributed by atoms with E-state index < -0.39 is 29.8 Å². The van der Waals surface area contributed by atoms with Crippen LogP contribution in [-0.4, -0.2) is 58.4 Å². The van der Waals surface area contributed by atoms with Gasteiger partial charge in [-0.2, -0.15) is 0 Å². The Balaban J connectivity index is 0.000000343. The van der Waals surface area contributed by atoms with Gasteiger partial charge in [-0.3, -0.25) is 0 Å². The fourth-order valence-electron chi connectivity index (χ4n) is 2.12. The van der Waals surface area contributed by atoms with Gasteiger partial charge in [0, 0.05) is 6.08 Å². The van der Waals surface area contributed by atoms with Crippen LogP contribution in [0.15, 0.2) is 61.2 Å². The number of ether oxygens (including phenoxy) is 2. The van der Waals surface area contributed by atoms with Gasteiger partial charge in [0.1, 0.15) is 13.2 Å². The number of carbonyl (C=O) groups excluding carboxylic acids is 2. The minimum atomic E-state index is -1.23. The maximum atomic E-state index is 11.6. The van der Waals surface area contributed by atoms with Gasteiger partial charge in [-0.25, -0.2) is 24.0 Å². The van der Waals surface area contributed by atoms with E-state index in [-0.39, 0.29) is 35.5 Å². The fraction of sp³-hybridized carbons (Fsp3) is 0.0952. The van der Waals surface area contributed by atoms with Gasteiger partial charge in [0.25, 0.3) is 0 Å². The fourth-order valence-corrected chi connectivity index (χ4v) is 2.12. The van der Waals surface area contributed by atoms with Gasteiger partial charge in [-0.1, -0.05) is 30.8 Å². The van der Waals surface area contributed by atoms with Gasteiger partial charge in [0.2, 0.25) is 0 Å². The van der Waals surface area contributed by atoms with E-state index in [0.717, 1.165) is 6.08 Å². The van der Waals surface area contributed by atoms with Crippen LogP contribution in [0.5, 0.6) is 0 Å². The average Bonchev–Trinajstić information content (AvgIpc) is 2.76. The summed E-state index contributed by atoms with van der Waals surface area (Å²) in [5.74, 6) is -5.08. The smallest absolute Gasteiger partial charge is 0.339 e. The summed E-state index contributed by atoms with van der Waals surface area (Å²) < 4.78 is 9.40. The molecule has 0 aliphatic carbocycles. The maximum absolute atomic E-state index is 11.6. The summed E-state index contributed by atoms with van der Waals surface area (Å²) in [5, 5.41) is 26.0. The number of aromatic carboxylic acids is 3. The summed E-state index contributed by atoms with van der Waals surface area (Å²) in [7, 11) is 0. The van der Waals surface area contributed by atoms with Gasteiger partial charge in [-0.15, -0.1) is 0 Å². The molecule has 0 unspecified atom stereocenters. The van der Waals surface area contributed by atoms with Crippen molar-refractivity contribution < 1.29 is 48.8 Å². The third-order valence-corrected chi connectivity index (χ3v) is 3.49. The molecule has 2 rings (SSSR count). The molecule has 2 aromatic carbocycles. The lowest BCUT2D eigenvalue weighted by Crippen LogP contribution is -2.15. The first kappa shape index (κ1) is 24.6. The Morgan fingerprint density at radius 1 is 0.677 bits per heavy atom. The van der Waals surface area contributed by atoms with Crippen LogP contribution in [0.1, 0.15) is 41.4 Å². The summed E-state index contributed by atoms with van der Waals surface area (Å²) in [6, 6.07) is 11.2. The molecule has 0 amide bonds. The Morgan fingerprint density at radius 2 is 1.03 bits per heavy atom. The van der Waals surface area contributed by atoms with Crippen LogP contribution < -0.4 is 0 Å². The third-order valence-electron chi connectivity index (χ3n) is 3.49. The molecule has 0 aliphatic rings. The van der Waals surface area contributed by atoms with Crippen LogP contribution in [-0.2, 0) is 14.3 Å². The molecule has 0 saturated carbocycles. The highest BCUT2D eigenvalue weighted by Crippen LogP contribution is 2.10. The molecule has 0 aliphatic heterocycles. The summed E-state index contributed by atoms with van der Waals surface area (Å²) in [5.41, 5.74) is -0.573. The third kappa shape index (κ3) is 7.81. The number of carbonyl (C=O) groups is 5. The Labute approximate surface area is 176 Å². The summed E-state index contributed by atoms with van der Waals surface area (Å²) in [6.07, 6.45) is 0.988. The summed E-state index contributed by atoms with van der Waals surface area (Å²) in [6.45, 7) is 2.93. The zero-order valence-corrected chi connectivity index (χ0v) is 16.0. The van der Waals surface area contributed by atoms with E-state index in [0.29, 0.717) is 0 Å². The van der Waals surface area contributed by atoms with Gasteiger partial charge < -0.3 is 24.8 Å². The highest BCUT2D eigenvalue weighted by Gasteiger charge is 2.17. The molecule has 0 atom stereocenters. The molecule has 0 saturated heterocycles. The molecule has 0 heterocycles. The Hall–Kier alpha value is -4.47. The molecule has 162 valence electrons. The second kappa shape index (κ2) is 12.2. The highest BCUT2D eigenvalue weighted by atomic mass is 16.6. The van der Waals surface area contributed by atoms with Crippen molar-refractivity contribution >= 4 is 29.8 Å². The van der Waals surface area contributed by atoms with Gasteiger partial charge in [-0.05, 0) is 24.3 Å². The van der Waals surface area contributed by atoms with Crippen molar-refractivity contribution in [2.45, 2.75) is 0 Å². The van der Waals surface area contributed by atoms with Gasteiger partial charge >= 0.3 is 29.8 Å². The lowest BCUT2D eigenvalue weighted by molar-refractivity contribution is -0.138. The molecular formula is C21H18O10. The van der Waals surface area contributed by atoms with E-state index in [4.69, 9.17) is 20.1 Å². The number of carboxylic acids is 3. The quantitative estimate of drug-likeness (QED) is 0.321. The second-order valence-corrected chi connectivity index (χ2v) is 5.51. The normalized spacial score (nSPS) is 9.42. The number of hydrogen-bond donors (Lipinski definition) is 3. The molecule has 10 heteroatoms. The predicted molar refractivity (Wildman–Crippen MR) is 105 cm³/mol. The molecule has 3 N–H and O–H groups in total. The van der Waals surface area contributed by atoms with E-state index in [9.17, 15) is 24.0 Å². The first-order valence-corrected chi connectivity index (χ1v) is 8.53. The predicted octanol–water partition coefficient (Wildman–Crippen LogP) is 2.35. The monoisotopic (exact) mass is 430 g/mol.